The van der Waals surface area contributed by atoms with Gasteiger partial charge in [0.25, 0.3) is 0 Å². The molecule has 0 saturated carbocycles. The van der Waals surface area contributed by atoms with Crippen LogP contribution in [0.3, 0.4) is 0 Å². The standard InChI is InChI=1S/C22H24NO4/c1-13-8-9-23-16-12-20(26-4)19(25-3)11-15(16)14-6-7-18(24-2)22(27-5)21(14)17(23)10-13/h6-8,10-12,21H,9H2,1-5H3/q+1. The van der Waals surface area contributed by atoms with Crippen molar-refractivity contribution in [3.05, 3.63) is 69.8 Å². The second-order valence-electron chi connectivity index (χ2n) is 6.71. The Labute approximate surface area is 158 Å². The fourth-order valence-corrected chi connectivity index (χ4v) is 4.06. The van der Waals surface area contributed by atoms with Gasteiger partial charge in [0.05, 0.1) is 39.7 Å². The summed E-state index contributed by atoms with van der Waals surface area (Å²) in [4.78, 5) is 0. The van der Waals surface area contributed by atoms with Gasteiger partial charge in [-0.15, -0.1) is 0 Å². The quantitative estimate of drug-likeness (QED) is 0.763. The maximum Gasteiger partial charge on any atom is 0.217 e. The van der Waals surface area contributed by atoms with Gasteiger partial charge in [0.1, 0.15) is 5.92 Å². The van der Waals surface area contributed by atoms with Gasteiger partial charge >= 0.3 is 0 Å². The third-order valence-electron chi connectivity index (χ3n) is 5.35. The van der Waals surface area contributed by atoms with E-state index in [0.717, 1.165) is 34.4 Å². The predicted molar refractivity (Wildman–Crippen MR) is 104 cm³/mol. The fourth-order valence-electron chi connectivity index (χ4n) is 4.06. The van der Waals surface area contributed by atoms with Crippen molar-refractivity contribution in [1.82, 2.24) is 4.58 Å². The highest BCUT2D eigenvalue weighted by molar-refractivity contribution is 5.71. The molecule has 3 aliphatic rings. The van der Waals surface area contributed by atoms with Crippen LogP contribution in [0, 0.1) is 5.92 Å². The van der Waals surface area contributed by atoms with Crippen LogP contribution in [0.15, 0.2) is 59.2 Å². The highest BCUT2D eigenvalue weighted by atomic mass is 16.5. The van der Waals surface area contributed by atoms with Crippen molar-refractivity contribution in [2.45, 2.75) is 6.92 Å². The minimum absolute atomic E-state index is 0.0239. The largest absolute Gasteiger partial charge is 0.496 e. The summed E-state index contributed by atoms with van der Waals surface area (Å²) in [6.07, 6.45) is 8.52. The molecular weight excluding hydrogens is 342 g/mol. The zero-order chi connectivity index (χ0) is 19.1. The Hall–Kier alpha value is -2.95. The maximum absolute atomic E-state index is 5.80. The monoisotopic (exact) mass is 366 g/mol. The Morgan fingerprint density at radius 1 is 0.926 bits per heavy atom. The van der Waals surface area contributed by atoms with Crippen molar-refractivity contribution < 1.29 is 18.9 Å². The average Bonchev–Trinajstić information content (AvgIpc) is 2.71. The van der Waals surface area contributed by atoms with Crippen LogP contribution in [-0.2, 0) is 9.47 Å². The lowest BCUT2D eigenvalue weighted by molar-refractivity contribution is 0.210. The first-order valence-electron chi connectivity index (χ1n) is 8.92. The lowest BCUT2D eigenvalue weighted by Gasteiger charge is -2.29. The Bertz CT molecular complexity index is 1060. The minimum atomic E-state index is -0.0239. The summed E-state index contributed by atoms with van der Waals surface area (Å²) in [5, 5.41) is 2.22. The first-order chi connectivity index (χ1) is 13.1. The third-order valence-corrected chi connectivity index (χ3v) is 5.35. The molecule has 5 heteroatoms. The highest BCUT2D eigenvalue weighted by Crippen LogP contribution is 2.38. The molecule has 1 aromatic rings. The van der Waals surface area contributed by atoms with Crippen LogP contribution in [0.1, 0.15) is 6.92 Å². The summed E-state index contributed by atoms with van der Waals surface area (Å²) in [6, 6.07) is 4.10. The molecule has 140 valence electrons. The van der Waals surface area contributed by atoms with E-state index in [0.29, 0.717) is 5.75 Å². The number of ether oxygens (including phenoxy) is 4. The van der Waals surface area contributed by atoms with E-state index in [1.54, 1.807) is 28.4 Å². The molecule has 0 N–H and O–H groups in total. The van der Waals surface area contributed by atoms with Crippen LogP contribution in [0.2, 0.25) is 0 Å². The molecule has 0 fully saturated rings. The molecule has 0 aromatic heterocycles. The van der Waals surface area contributed by atoms with Gasteiger partial charge in [0.15, 0.2) is 35.3 Å². The molecule has 5 nitrogen and oxygen atoms in total. The SMILES string of the molecule is COC1=C(OC)C2C3=CC(C)=CC[N+]3=c3cc(OC)c(OC)cc3=C2C=C1. The molecule has 1 unspecified atom stereocenters. The minimum Gasteiger partial charge on any atom is -0.496 e. The second kappa shape index (κ2) is 6.65. The van der Waals surface area contributed by atoms with E-state index >= 15 is 0 Å². The van der Waals surface area contributed by atoms with Crippen molar-refractivity contribution in [3.63, 3.8) is 0 Å². The normalized spacial score (nSPS) is 20.3. The number of methoxy groups -OCH3 is 4. The van der Waals surface area contributed by atoms with Crippen LogP contribution >= 0.6 is 0 Å². The Balaban J connectivity index is 2.13. The summed E-state index contributed by atoms with van der Waals surface area (Å²) < 4.78 is 24.8. The predicted octanol–water partition coefficient (Wildman–Crippen LogP) is 1.89. The molecule has 1 atom stereocenters. The number of hydrogen-bond donors (Lipinski definition) is 0. The summed E-state index contributed by atoms with van der Waals surface area (Å²) in [5.74, 6) is 2.99. The molecule has 0 radical (unpaired) electrons. The topological polar surface area (TPSA) is 39.9 Å². The molecular formula is C22H24NO4+. The van der Waals surface area contributed by atoms with Gasteiger partial charge in [-0.1, -0.05) is 6.08 Å². The highest BCUT2D eigenvalue weighted by Gasteiger charge is 2.40. The molecule has 0 amide bonds. The van der Waals surface area contributed by atoms with Crippen molar-refractivity contribution in [2.75, 3.05) is 35.0 Å². The number of rotatable bonds is 4. The van der Waals surface area contributed by atoms with Gasteiger partial charge in [-0.3, -0.25) is 0 Å². The maximum atomic E-state index is 5.80. The van der Waals surface area contributed by atoms with Crippen molar-refractivity contribution in [2.24, 2.45) is 5.92 Å². The lowest BCUT2D eigenvalue weighted by Crippen LogP contribution is -2.49. The number of hydrogen-bond acceptors (Lipinski definition) is 4. The van der Waals surface area contributed by atoms with Gasteiger partial charge in [0, 0.05) is 6.08 Å². The fraction of sp³-hybridized carbons (Fsp3) is 0.318. The van der Waals surface area contributed by atoms with Crippen LogP contribution in [0.5, 0.6) is 11.5 Å². The zero-order valence-corrected chi connectivity index (χ0v) is 16.3. The second-order valence-corrected chi connectivity index (χ2v) is 6.71. The van der Waals surface area contributed by atoms with E-state index in [9.17, 15) is 0 Å². The Morgan fingerprint density at radius 2 is 1.67 bits per heavy atom. The van der Waals surface area contributed by atoms with E-state index in [-0.39, 0.29) is 5.92 Å². The van der Waals surface area contributed by atoms with E-state index in [2.05, 4.69) is 35.8 Å². The molecule has 2 heterocycles. The van der Waals surface area contributed by atoms with Gasteiger partial charge in [-0.2, -0.15) is 4.58 Å². The van der Waals surface area contributed by atoms with E-state index in [1.807, 2.05) is 12.1 Å². The summed E-state index contributed by atoms with van der Waals surface area (Å²) in [7, 11) is 6.70. The molecule has 1 aliphatic carbocycles. The number of fused-ring (bicyclic) bond motifs is 4. The molecule has 0 bridgehead atoms. The van der Waals surface area contributed by atoms with Crippen molar-refractivity contribution >= 4 is 5.57 Å². The first-order valence-corrected chi connectivity index (χ1v) is 8.92. The number of nitrogens with zero attached hydrogens (tertiary/aromatic N) is 1. The molecule has 4 rings (SSSR count). The molecule has 1 aromatic carbocycles. The van der Waals surface area contributed by atoms with E-state index in [4.69, 9.17) is 18.9 Å². The zero-order valence-electron chi connectivity index (χ0n) is 16.3. The summed E-state index contributed by atoms with van der Waals surface area (Å²) >= 11 is 0. The average molecular weight is 366 g/mol. The third kappa shape index (κ3) is 2.57. The molecule has 0 saturated heterocycles. The smallest absolute Gasteiger partial charge is 0.217 e. The molecule has 0 spiro atoms. The van der Waals surface area contributed by atoms with Crippen LogP contribution in [0.4, 0.5) is 0 Å². The van der Waals surface area contributed by atoms with E-state index in [1.165, 1.54) is 16.8 Å². The van der Waals surface area contributed by atoms with Gasteiger partial charge < -0.3 is 18.9 Å². The van der Waals surface area contributed by atoms with Gasteiger partial charge in [-0.05, 0) is 36.3 Å². The molecule has 27 heavy (non-hydrogen) atoms. The summed E-state index contributed by atoms with van der Waals surface area (Å²) in [5.41, 5.74) is 3.59. The van der Waals surface area contributed by atoms with Crippen molar-refractivity contribution in [1.29, 1.82) is 0 Å². The summed E-state index contributed by atoms with van der Waals surface area (Å²) in [6.45, 7) is 2.92. The van der Waals surface area contributed by atoms with Crippen molar-refractivity contribution in [3.8, 4) is 11.5 Å². The number of benzene rings is 1. The first kappa shape index (κ1) is 17.5. The van der Waals surface area contributed by atoms with Gasteiger partial charge in [0.2, 0.25) is 5.36 Å². The van der Waals surface area contributed by atoms with Gasteiger partial charge in [-0.25, -0.2) is 0 Å². The van der Waals surface area contributed by atoms with Crippen LogP contribution in [0.25, 0.3) is 5.57 Å². The Kier molecular flexibility index (Phi) is 4.30. The lowest BCUT2D eigenvalue weighted by atomic mass is 9.83. The van der Waals surface area contributed by atoms with Crippen LogP contribution in [-0.4, -0.2) is 35.0 Å². The van der Waals surface area contributed by atoms with E-state index < -0.39 is 0 Å². The molecule has 2 aliphatic heterocycles. The number of allylic oxidation sites excluding steroid dienone is 4. The Morgan fingerprint density at radius 3 is 2.33 bits per heavy atom. The van der Waals surface area contributed by atoms with Crippen LogP contribution < -0.4 is 24.6 Å².